The maximum atomic E-state index is 12.8. The zero-order valence-corrected chi connectivity index (χ0v) is 16.6. The van der Waals surface area contributed by atoms with Gasteiger partial charge in [0.1, 0.15) is 5.65 Å². The molecule has 0 aliphatic rings. The predicted molar refractivity (Wildman–Crippen MR) is 109 cm³/mol. The molecule has 0 aliphatic heterocycles. The lowest BCUT2D eigenvalue weighted by Crippen LogP contribution is -2.33. The average Bonchev–Trinajstić information content (AvgIpc) is 2.66. The number of pyridine rings is 1. The van der Waals surface area contributed by atoms with Crippen molar-refractivity contribution in [3.05, 3.63) is 73.5 Å². The van der Waals surface area contributed by atoms with Crippen molar-refractivity contribution in [2.45, 2.75) is 33.4 Å². The number of fused-ring (bicyclic) bond motifs is 1. The molecular formula is C20H21ClN4O3. The number of hydrogen-bond acceptors (Lipinski definition) is 4. The number of H-pyrrole nitrogens is 1. The Kier molecular flexibility index (Phi) is 5.65. The van der Waals surface area contributed by atoms with Crippen LogP contribution >= 0.6 is 11.6 Å². The lowest BCUT2D eigenvalue weighted by molar-refractivity contribution is 0.0925. The second-order valence-corrected chi connectivity index (χ2v) is 7.28. The molecule has 0 saturated carbocycles. The van der Waals surface area contributed by atoms with Crippen LogP contribution in [-0.4, -0.2) is 20.4 Å². The van der Waals surface area contributed by atoms with E-state index in [1.165, 1.54) is 16.8 Å². The quantitative estimate of drug-likeness (QED) is 0.688. The molecule has 2 aromatic heterocycles. The second-order valence-electron chi connectivity index (χ2n) is 6.85. The highest BCUT2D eigenvalue weighted by Gasteiger charge is 2.20. The average molecular weight is 401 g/mol. The number of nitrogens with one attached hydrogen (secondary N) is 2. The third-order valence-electron chi connectivity index (χ3n) is 4.59. The largest absolute Gasteiger partial charge is 0.345 e. The van der Waals surface area contributed by atoms with Gasteiger partial charge >= 0.3 is 5.69 Å². The SMILES string of the molecule is CCn1c(=O)[nH]c(=O)c2cc(C(=O)N[C@H](c3ccc(Cl)cc3)C(C)C)cnc21. The molecule has 2 heterocycles. The maximum absolute atomic E-state index is 12.8. The van der Waals surface area contributed by atoms with Gasteiger partial charge in [0.05, 0.1) is 17.0 Å². The zero-order valence-electron chi connectivity index (χ0n) is 15.8. The molecule has 3 rings (SSSR count). The minimum atomic E-state index is -0.565. The molecule has 0 fully saturated rings. The smallest absolute Gasteiger partial charge is 0.329 e. The number of aryl methyl sites for hydroxylation is 1. The molecule has 0 saturated heterocycles. The molecule has 2 N–H and O–H groups in total. The van der Waals surface area contributed by atoms with E-state index in [-0.39, 0.29) is 34.5 Å². The van der Waals surface area contributed by atoms with Crippen molar-refractivity contribution < 1.29 is 4.79 Å². The minimum absolute atomic E-state index is 0.132. The fourth-order valence-electron chi connectivity index (χ4n) is 3.11. The summed E-state index contributed by atoms with van der Waals surface area (Å²) in [5.41, 5.74) is 0.348. The molecule has 0 spiro atoms. The fraction of sp³-hybridized carbons (Fsp3) is 0.300. The van der Waals surface area contributed by atoms with E-state index in [4.69, 9.17) is 11.6 Å². The third-order valence-corrected chi connectivity index (χ3v) is 4.85. The Labute approximate surface area is 166 Å². The summed E-state index contributed by atoms with van der Waals surface area (Å²) < 4.78 is 1.35. The standard InChI is InChI=1S/C20H21ClN4O3/c1-4-25-17-15(19(27)24-20(25)28)9-13(10-22-17)18(26)23-16(11(2)3)12-5-7-14(21)8-6-12/h5-11,16H,4H2,1-3H3,(H,23,26)(H,24,27,28)/t16-/m0/s1. The van der Waals surface area contributed by atoms with E-state index >= 15 is 0 Å². The van der Waals surface area contributed by atoms with Gasteiger partial charge in [-0.2, -0.15) is 0 Å². The predicted octanol–water partition coefficient (Wildman–Crippen LogP) is 2.89. The summed E-state index contributed by atoms with van der Waals surface area (Å²) in [7, 11) is 0. The van der Waals surface area contributed by atoms with Gasteiger partial charge in [0.2, 0.25) is 0 Å². The highest BCUT2D eigenvalue weighted by atomic mass is 35.5. The van der Waals surface area contributed by atoms with Crippen molar-refractivity contribution in [3.8, 4) is 0 Å². The van der Waals surface area contributed by atoms with Crippen LogP contribution in [0.2, 0.25) is 5.02 Å². The van der Waals surface area contributed by atoms with Crippen LogP contribution in [0, 0.1) is 5.92 Å². The molecule has 0 aliphatic carbocycles. The molecule has 8 heteroatoms. The topological polar surface area (TPSA) is 96.9 Å². The van der Waals surface area contributed by atoms with Crippen molar-refractivity contribution >= 4 is 28.5 Å². The maximum Gasteiger partial charge on any atom is 0.329 e. The van der Waals surface area contributed by atoms with Gasteiger partial charge in [0.25, 0.3) is 11.5 Å². The van der Waals surface area contributed by atoms with E-state index in [2.05, 4.69) is 15.3 Å². The van der Waals surface area contributed by atoms with Gasteiger partial charge in [-0.1, -0.05) is 37.6 Å². The molecule has 0 bridgehead atoms. The zero-order chi connectivity index (χ0) is 20.4. The number of halogens is 1. The molecule has 146 valence electrons. The highest BCUT2D eigenvalue weighted by molar-refractivity contribution is 6.30. The van der Waals surface area contributed by atoms with E-state index in [1.54, 1.807) is 19.1 Å². The van der Waals surface area contributed by atoms with E-state index in [0.29, 0.717) is 11.6 Å². The molecule has 1 amide bonds. The highest BCUT2D eigenvalue weighted by Crippen LogP contribution is 2.24. The molecule has 3 aromatic rings. The molecule has 0 radical (unpaired) electrons. The Morgan fingerprint density at radius 1 is 1.25 bits per heavy atom. The van der Waals surface area contributed by atoms with Gasteiger partial charge in [0, 0.05) is 17.8 Å². The fourth-order valence-corrected chi connectivity index (χ4v) is 3.24. The first-order chi connectivity index (χ1) is 13.3. The lowest BCUT2D eigenvalue weighted by atomic mass is 9.95. The Morgan fingerprint density at radius 2 is 1.93 bits per heavy atom. The Bertz CT molecular complexity index is 1130. The summed E-state index contributed by atoms with van der Waals surface area (Å²) in [5, 5.41) is 3.81. The number of aromatic nitrogens is 3. The number of hydrogen-bond donors (Lipinski definition) is 2. The lowest BCUT2D eigenvalue weighted by Gasteiger charge is -2.23. The summed E-state index contributed by atoms with van der Waals surface area (Å²) in [4.78, 5) is 43.3. The van der Waals surface area contributed by atoms with Crippen LogP contribution in [-0.2, 0) is 6.54 Å². The first-order valence-electron chi connectivity index (χ1n) is 9.01. The number of benzene rings is 1. The van der Waals surface area contributed by atoms with Gasteiger partial charge < -0.3 is 5.32 Å². The summed E-state index contributed by atoms with van der Waals surface area (Å²) in [6, 6.07) is 8.52. The minimum Gasteiger partial charge on any atom is -0.345 e. The van der Waals surface area contributed by atoms with Gasteiger partial charge in [-0.15, -0.1) is 0 Å². The molecule has 0 unspecified atom stereocenters. The van der Waals surface area contributed by atoms with Crippen LogP contribution in [0.15, 0.2) is 46.1 Å². The Balaban J connectivity index is 1.97. The molecular weight excluding hydrogens is 380 g/mol. The monoisotopic (exact) mass is 400 g/mol. The van der Waals surface area contributed by atoms with E-state index in [9.17, 15) is 14.4 Å². The molecule has 1 aromatic carbocycles. The number of amides is 1. The van der Waals surface area contributed by atoms with Crippen LogP contribution in [0.4, 0.5) is 0 Å². The Morgan fingerprint density at radius 3 is 2.54 bits per heavy atom. The first-order valence-corrected chi connectivity index (χ1v) is 9.38. The number of carbonyl (C=O) groups is 1. The number of nitrogens with zero attached hydrogens (tertiary/aromatic N) is 2. The summed E-state index contributed by atoms with van der Waals surface area (Å²) in [6.07, 6.45) is 1.38. The molecule has 1 atom stereocenters. The number of carbonyl (C=O) groups excluding carboxylic acids is 1. The summed E-state index contributed by atoms with van der Waals surface area (Å²) in [6.45, 7) is 6.14. The van der Waals surface area contributed by atoms with Gasteiger partial charge in [-0.05, 0) is 36.6 Å². The van der Waals surface area contributed by atoms with Gasteiger partial charge in [-0.3, -0.25) is 19.1 Å². The van der Waals surface area contributed by atoms with Crippen molar-refractivity contribution in [1.29, 1.82) is 0 Å². The summed E-state index contributed by atoms with van der Waals surface area (Å²) in [5.74, 6) is -0.219. The van der Waals surface area contributed by atoms with E-state index < -0.39 is 11.2 Å². The molecule has 28 heavy (non-hydrogen) atoms. The van der Waals surface area contributed by atoms with Crippen LogP contribution < -0.4 is 16.6 Å². The van der Waals surface area contributed by atoms with Crippen LogP contribution in [0.25, 0.3) is 11.0 Å². The van der Waals surface area contributed by atoms with Crippen LogP contribution in [0.5, 0.6) is 0 Å². The van der Waals surface area contributed by atoms with Crippen LogP contribution in [0.1, 0.15) is 42.7 Å². The van der Waals surface area contributed by atoms with Crippen molar-refractivity contribution in [1.82, 2.24) is 19.9 Å². The van der Waals surface area contributed by atoms with E-state index in [0.717, 1.165) is 5.56 Å². The van der Waals surface area contributed by atoms with E-state index in [1.807, 2.05) is 26.0 Å². The molecule has 7 nitrogen and oxygen atoms in total. The second kappa shape index (κ2) is 7.98. The van der Waals surface area contributed by atoms with Gasteiger partial charge in [-0.25, -0.2) is 9.78 Å². The van der Waals surface area contributed by atoms with Crippen molar-refractivity contribution in [2.24, 2.45) is 5.92 Å². The number of rotatable bonds is 5. The number of aromatic amines is 1. The van der Waals surface area contributed by atoms with Crippen LogP contribution in [0.3, 0.4) is 0 Å². The van der Waals surface area contributed by atoms with Gasteiger partial charge in [0.15, 0.2) is 0 Å². The third kappa shape index (κ3) is 3.84. The normalized spacial score (nSPS) is 12.3. The van der Waals surface area contributed by atoms with Crippen molar-refractivity contribution in [2.75, 3.05) is 0 Å². The Hall–Kier alpha value is -2.93. The summed E-state index contributed by atoms with van der Waals surface area (Å²) >= 11 is 5.95. The first kappa shape index (κ1) is 19.8. The van der Waals surface area contributed by atoms with Crippen molar-refractivity contribution in [3.63, 3.8) is 0 Å².